The van der Waals surface area contributed by atoms with Crippen molar-refractivity contribution in [3.63, 3.8) is 0 Å². The van der Waals surface area contributed by atoms with Gasteiger partial charge in [-0.3, -0.25) is 4.79 Å². The normalized spacial score (nSPS) is 10.3. The SMILES string of the molecule is COc1cccc(CCNCC(=O)Nc2ccc(N(C)C)cc2)c1. The third kappa shape index (κ3) is 5.59. The van der Waals surface area contributed by atoms with E-state index in [2.05, 4.69) is 16.7 Å². The molecule has 0 atom stereocenters. The number of carbonyl (C=O) groups excluding carboxylic acids is 1. The number of nitrogens with one attached hydrogen (secondary N) is 2. The van der Waals surface area contributed by atoms with Crippen LogP contribution in [0.25, 0.3) is 0 Å². The van der Waals surface area contributed by atoms with Gasteiger partial charge in [-0.15, -0.1) is 0 Å². The number of carbonyl (C=O) groups is 1. The molecule has 0 fully saturated rings. The van der Waals surface area contributed by atoms with Crippen LogP contribution in [0.15, 0.2) is 48.5 Å². The molecule has 1 amide bonds. The molecule has 0 unspecified atom stereocenters. The Labute approximate surface area is 143 Å². The van der Waals surface area contributed by atoms with Gasteiger partial charge in [-0.25, -0.2) is 0 Å². The summed E-state index contributed by atoms with van der Waals surface area (Å²) in [5.74, 6) is 0.810. The summed E-state index contributed by atoms with van der Waals surface area (Å²) in [6.07, 6.45) is 0.849. The van der Waals surface area contributed by atoms with Crippen molar-refractivity contribution in [2.24, 2.45) is 0 Å². The molecule has 0 aliphatic carbocycles. The molecule has 0 aromatic heterocycles. The predicted molar refractivity (Wildman–Crippen MR) is 99.0 cm³/mol. The van der Waals surface area contributed by atoms with Crippen LogP contribution in [0, 0.1) is 0 Å². The Bertz CT molecular complexity index is 654. The van der Waals surface area contributed by atoms with Gasteiger partial charge in [-0.1, -0.05) is 12.1 Å². The van der Waals surface area contributed by atoms with E-state index in [1.54, 1.807) is 7.11 Å². The highest BCUT2D eigenvalue weighted by molar-refractivity contribution is 5.92. The van der Waals surface area contributed by atoms with Crippen LogP contribution in [0.4, 0.5) is 11.4 Å². The van der Waals surface area contributed by atoms with Gasteiger partial charge in [0.05, 0.1) is 13.7 Å². The fourth-order valence-electron chi connectivity index (χ4n) is 2.31. The monoisotopic (exact) mass is 327 g/mol. The van der Waals surface area contributed by atoms with E-state index >= 15 is 0 Å². The van der Waals surface area contributed by atoms with Gasteiger partial charge >= 0.3 is 0 Å². The summed E-state index contributed by atoms with van der Waals surface area (Å²) in [7, 11) is 5.63. The van der Waals surface area contributed by atoms with Crippen molar-refractivity contribution in [3.05, 3.63) is 54.1 Å². The average molecular weight is 327 g/mol. The number of anilines is 2. The van der Waals surface area contributed by atoms with E-state index in [-0.39, 0.29) is 5.91 Å². The molecule has 0 aliphatic rings. The lowest BCUT2D eigenvalue weighted by molar-refractivity contribution is -0.115. The van der Waals surface area contributed by atoms with Crippen molar-refractivity contribution in [2.45, 2.75) is 6.42 Å². The van der Waals surface area contributed by atoms with Crippen LogP contribution in [-0.2, 0) is 11.2 Å². The van der Waals surface area contributed by atoms with Gasteiger partial charge in [0, 0.05) is 25.5 Å². The first-order chi connectivity index (χ1) is 11.6. The minimum atomic E-state index is -0.0433. The summed E-state index contributed by atoms with van der Waals surface area (Å²) >= 11 is 0. The molecule has 0 saturated carbocycles. The van der Waals surface area contributed by atoms with E-state index in [1.165, 1.54) is 5.56 Å². The molecule has 5 heteroatoms. The Morgan fingerprint density at radius 3 is 2.54 bits per heavy atom. The number of hydrogen-bond acceptors (Lipinski definition) is 4. The minimum absolute atomic E-state index is 0.0433. The summed E-state index contributed by atoms with van der Waals surface area (Å²) in [6.45, 7) is 1.03. The topological polar surface area (TPSA) is 53.6 Å². The molecule has 0 saturated heterocycles. The standard InChI is InChI=1S/C19H25N3O2/c1-22(2)17-9-7-16(8-10-17)21-19(23)14-20-12-11-15-5-4-6-18(13-15)24-3/h4-10,13,20H,11-12,14H2,1-3H3,(H,21,23). The molecular formula is C19H25N3O2. The third-order valence-electron chi connectivity index (χ3n) is 3.68. The van der Waals surface area contributed by atoms with Crippen LogP contribution in [0.1, 0.15) is 5.56 Å². The Balaban J connectivity index is 1.71. The zero-order valence-corrected chi connectivity index (χ0v) is 14.5. The lowest BCUT2D eigenvalue weighted by Gasteiger charge is -2.13. The van der Waals surface area contributed by atoms with Crippen molar-refractivity contribution in [3.8, 4) is 5.75 Å². The Hall–Kier alpha value is -2.53. The van der Waals surface area contributed by atoms with E-state index in [9.17, 15) is 4.79 Å². The molecule has 128 valence electrons. The smallest absolute Gasteiger partial charge is 0.238 e. The molecular weight excluding hydrogens is 302 g/mol. The van der Waals surface area contributed by atoms with Gasteiger partial charge in [0.1, 0.15) is 5.75 Å². The zero-order chi connectivity index (χ0) is 17.4. The molecule has 2 N–H and O–H groups in total. The van der Waals surface area contributed by atoms with Crippen molar-refractivity contribution < 1.29 is 9.53 Å². The number of hydrogen-bond donors (Lipinski definition) is 2. The van der Waals surface area contributed by atoms with Gasteiger partial charge in [0.2, 0.25) is 5.91 Å². The molecule has 2 rings (SSSR count). The fraction of sp³-hybridized carbons (Fsp3) is 0.316. The fourth-order valence-corrected chi connectivity index (χ4v) is 2.31. The highest BCUT2D eigenvalue weighted by atomic mass is 16.5. The van der Waals surface area contributed by atoms with Gasteiger partial charge in [0.15, 0.2) is 0 Å². The summed E-state index contributed by atoms with van der Waals surface area (Å²) in [5.41, 5.74) is 3.09. The summed E-state index contributed by atoms with van der Waals surface area (Å²) < 4.78 is 5.20. The van der Waals surface area contributed by atoms with Gasteiger partial charge in [-0.05, 0) is 54.9 Å². The number of nitrogens with zero attached hydrogens (tertiary/aromatic N) is 1. The number of benzene rings is 2. The number of ether oxygens (including phenoxy) is 1. The highest BCUT2D eigenvalue weighted by Gasteiger charge is 2.03. The first-order valence-corrected chi connectivity index (χ1v) is 7.99. The molecule has 0 spiro atoms. The Morgan fingerprint density at radius 1 is 1.12 bits per heavy atom. The molecule has 2 aromatic carbocycles. The van der Waals surface area contributed by atoms with Crippen molar-refractivity contribution >= 4 is 17.3 Å². The van der Waals surface area contributed by atoms with Gasteiger partial charge < -0.3 is 20.3 Å². The third-order valence-corrected chi connectivity index (χ3v) is 3.68. The second kappa shape index (κ2) is 8.93. The van der Waals surface area contributed by atoms with E-state index < -0.39 is 0 Å². The summed E-state index contributed by atoms with van der Waals surface area (Å²) in [6, 6.07) is 15.7. The maximum absolute atomic E-state index is 11.9. The first kappa shape index (κ1) is 17.8. The predicted octanol–water partition coefficient (Wildman–Crippen LogP) is 2.53. The lowest BCUT2D eigenvalue weighted by Crippen LogP contribution is -2.29. The van der Waals surface area contributed by atoms with Crippen molar-refractivity contribution in [2.75, 3.05) is 44.5 Å². The van der Waals surface area contributed by atoms with Gasteiger partial charge in [-0.2, -0.15) is 0 Å². The first-order valence-electron chi connectivity index (χ1n) is 7.99. The molecule has 2 aromatic rings. The quantitative estimate of drug-likeness (QED) is 0.732. The Morgan fingerprint density at radius 2 is 1.88 bits per heavy atom. The van der Waals surface area contributed by atoms with Crippen molar-refractivity contribution in [1.82, 2.24) is 5.32 Å². The van der Waals surface area contributed by atoms with Crippen molar-refractivity contribution in [1.29, 1.82) is 0 Å². The maximum Gasteiger partial charge on any atom is 0.238 e. The van der Waals surface area contributed by atoms with Crippen LogP contribution in [0.5, 0.6) is 5.75 Å². The highest BCUT2D eigenvalue weighted by Crippen LogP contribution is 2.15. The zero-order valence-electron chi connectivity index (χ0n) is 14.5. The number of rotatable bonds is 8. The van der Waals surface area contributed by atoms with E-state index in [4.69, 9.17) is 4.74 Å². The van der Waals surface area contributed by atoms with Crippen LogP contribution in [-0.4, -0.2) is 40.2 Å². The molecule has 5 nitrogen and oxygen atoms in total. The number of amides is 1. The molecule has 0 bridgehead atoms. The summed E-state index contributed by atoms with van der Waals surface area (Å²) in [5, 5.41) is 6.04. The van der Waals surface area contributed by atoms with Crippen LogP contribution in [0.2, 0.25) is 0 Å². The maximum atomic E-state index is 11.9. The largest absolute Gasteiger partial charge is 0.497 e. The lowest BCUT2D eigenvalue weighted by atomic mass is 10.1. The second-order valence-corrected chi connectivity index (χ2v) is 5.77. The number of methoxy groups -OCH3 is 1. The molecule has 24 heavy (non-hydrogen) atoms. The molecule has 0 heterocycles. The minimum Gasteiger partial charge on any atom is -0.497 e. The average Bonchev–Trinajstić information content (AvgIpc) is 2.59. The van der Waals surface area contributed by atoms with E-state index in [1.807, 2.05) is 61.5 Å². The van der Waals surface area contributed by atoms with Gasteiger partial charge in [0.25, 0.3) is 0 Å². The van der Waals surface area contributed by atoms with Crippen LogP contribution < -0.4 is 20.3 Å². The Kier molecular flexibility index (Phi) is 6.63. The molecule has 0 aliphatic heterocycles. The van der Waals surface area contributed by atoms with Crippen LogP contribution in [0.3, 0.4) is 0 Å². The summed E-state index contributed by atoms with van der Waals surface area (Å²) in [4.78, 5) is 14.0. The second-order valence-electron chi connectivity index (χ2n) is 5.77. The van der Waals surface area contributed by atoms with Crippen LogP contribution >= 0.6 is 0 Å². The van der Waals surface area contributed by atoms with E-state index in [0.29, 0.717) is 6.54 Å². The van der Waals surface area contributed by atoms with E-state index in [0.717, 1.165) is 30.1 Å². The molecule has 0 radical (unpaired) electrons.